The summed E-state index contributed by atoms with van der Waals surface area (Å²) in [6, 6.07) is 0. The minimum Gasteiger partial charge on any atom is -0.466 e. The van der Waals surface area contributed by atoms with Crippen LogP contribution in [-0.4, -0.2) is 18.4 Å². The number of hydrogen-bond donors (Lipinski definition) is 0. The van der Waals surface area contributed by atoms with Crippen molar-refractivity contribution in [3.63, 3.8) is 0 Å². The molecule has 0 saturated heterocycles. The molecule has 0 radical (unpaired) electrons. The molecule has 0 N–H and O–H groups in total. The van der Waals surface area contributed by atoms with Gasteiger partial charge in [0, 0.05) is 5.41 Å². The van der Waals surface area contributed by atoms with Crippen molar-refractivity contribution in [3.8, 4) is 0 Å². The lowest BCUT2D eigenvalue weighted by Crippen LogP contribution is -2.32. The molecule has 0 aromatic rings. The lowest BCUT2D eigenvalue weighted by atomic mass is 9.70. The summed E-state index contributed by atoms with van der Waals surface area (Å²) in [4.78, 5) is 24.8. The van der Waals surface area contributed by atoms with Crippen LogP contribution in [0.25, 0.3) is 0 Å². The maximum Gasteiger partial charge on any atom is 0.313 e. The van der Waals surface area contributed by atoms with E-state index in [1.165, 1.54) is 0 Å². The third-order valence-corrected chi connectivity index (χ3v) is 5.76. The van der Waals surface area contributed by atoms with Gasteiger partial charge in [0.15, 0.2) is 5.78 Å². The molecular formula is C18H26O3. The Morgan fingerprint density at radius 2 is 2.14 bits per heavy atom. The molecule has 2 rings (SSSR count). The maximum atomic E-state index is 12.8. The van der Waals surface area contributed by atoms with Gasteiger partial charge in [-0.15, -0.1) is 6.58 Å². The highest BCUT2D eigenvalue weighted by Gasteiger charge is 2.63. The van der Waals surface area contributed by atoms with Crippen molar-refractivity contribution in [2.45, 2.75) is 47.0 Å². The SMILES string of the molecule is C=CC[C@H](/C=C1/C(=O)[C@@]2(C)CC[C@@H]1C2(C)C)C(=O)OCC. The number of hydrogen-bond acceptors (Lipinski definition) is 3. The van der Waals surface area contributed by atoms with Crippen molar-refractivity contribution < 1.29 is 14.3 Å². The average Bonchev–Trinajstić information content (AvgIpc) is 2.72. The van der Waals surface area contributed by atoms with Gasteiger partial charge in [0.05, 0.1) is 12.5 Å². The molecule has 2 aliphatic carbocycles. The van der Waals surface area contributed by atoms with Gasteiger partial charge in [0.25, 0.3) is 0 Å². The number of ketones is 1. The Morgan fingerprint density at radius 1 is 1.48 bits per heavy atom. The van der Waals surface area contributed by atoms with E-state index in [4.69, 9.17) is 4.74 Å². The molecule has 3 nitrogen and oxygen atoms in total. The smallest absolute Gasteiger partial charge is 0.313 e. The quantitative estimate of drug-likeness (QED) is 0.440. The van der Waals surface area contributed by atoms with E-state index < -0.39 is 0 Å². The summed E-state index contributed by atoms with van der Waals surface area (Å²) >= 11 is 0. The van der Waals surface area contributed by atoms with Gasteiger partial charge >= 0.3 is 5.97 Å². The Hall–Kier alpha value is -1.38. The van der Waals surface area contributed by atoms with E-state index in [0.29, 0.717) is 13.0 Å². The van der Waals surface area contributed by atoms with E-state index >= 15 is 0 Å². The molecule has 0 aromatic carbocycles. The summed E-state index contributed by atoms with van der Waals surface area (Å²) in [5, 5.41) is 0. The fourth-order valence-electron chi connectivity index (χ4n) is 4.00. The van der Waals surface area contributed by atoms with E-state index in [1.807, 2.05) is 6.08 Å². The standard InChI is InChI=1S/C18H26O3/c1-6-8-12(16(20)21-7-2)11-13-14-9-10-18(5,15(13)19)17(14,3)4/h6,11-12,14H,1,7-10H2,2-5H3/b13-11+/t12-,14+,18-/m1/s1. The summed E-state index contributed by atoms with van der Waals surface area (Å²) < 4.78 is 5.12. The number of carbonyl (C=O) groups excluding carboxylic acids is 2. The lowest BCUT2D eigenvalue weighted by Gasteiger charge is -2.31. The first-order valence-electron chi connectivity index (χ1n) is 7.83. The molecule has 3 heteroatoms. The number of rotatable bonds is 5. The van der Waals surface area contributed by atoms with Crippen LogP contribution >= 0.6 is 0 Å². The Balaban J connectivity index is 2.34. The zero-order valence-corrected chi connectivity index (χ0v) is 13.6. The predicted molar refractivity (Wildman–Crippen MR) is 82.6 cm³/mol. The fourth-order valence-corrected chi connectivity index (χ4v) is 4.00. The molecule has 2 fully saturated rings. The molecule has 0 aromatic heterocycles. The van der Waals surface area contributed by atoms with E-state index in [-0.39, 0.29) is 34.4 Å². The summed E-state index contributed by atoms with van der Waals surface area (Å²) in [5.41, 5.74) is 0.536. The monoisotopic (exact) mass is 290 g/mol. The fraction of sp³-hybridized carbons (Fsp3) is 0.667. The van der Waals surface area contributed by atoms with Crippen molar-refractivity contribution in [2.24, 2.45) is 22.7 Å². The first-order valence-corrected chi connectivity index (χ1v) is 7.83. The van der Waals surface area contributed by atoms with Gasteiger partial charge in [-0.1, -0.05) is 32.9 Å². The van der Waals surface area contributed by atoms with Crippen LogP contribution in [0.4, 0.5) is 0 Å². The molecule has 0 aliphatic heterocycles. The first kappa shape index (κ1) is 16.0. The van der Waals surface area contributed by atoms with Crippen LogP contribution in [0.5, 0.6) is 0 Å². The highest BCUT2D eigenvalue weighted by Crippen LogP contribution is 2.65. The van der Waals surface area contributed by atoms with Gasteiger partial charge in [-0.2, -0.15) is 0 Å². The van der Waals surface area contributed by atoms with Crippen LogP contribution in [0.3, 0.4) is 0 Å². The number of allylic oxidation sites excluding steroid dienone is 2. The zero-order chi connectivity index (χ0) is 15.8. The zero-order valence-electron chi connectivity index (χ0n) is 13.6. The van der Waals surface area contributed by atoms with Crippen molar-refractivity contribution in [3.05, 3.63) is 24.3 Å². The molecule has 21 heavy (non-hydrogen) atoms. The van der Waals surface area contributed by atoms with Crippen molar-refractivity contribution in [1.82, 2.24) is 0 Å². The largest absolute Gasteiger partial charge is 0.466 e. The predicted octanol–water partition coefficient (Wildman–Crippen LogP) is 3.69. The van der Waals surface area contributed by atoms with Crippen LogP contribution in [0.2, 0.25) is 0 Å². The molecule has 0 spiro atoms. The molecule has 116 valence electrons. The summed E-state index contributed by atoms with van der Waals surface area (Å²) in [6.07, 6.45) is 6.07. The van der Waals surface area contributed by atoms with Crippen LogP contribution in [0, 0.1) is 22.7 Å². The van der Waals surface area contributed by atoms with Crippen LogP contribution in [0.15, 0.2) is 24.3 Å². The van der Waals surface area contributed by atoms with Crippen LogP contribution in [0.1, 0.15) is 47.0 Å². The van der Waals surface area contributed by atoms with E-state index in [9.17, 15) is 9.59 Å². The summed E-state index contributed by atoms with van der Waals surface area (Å²) in [6.45, 7) is 12.3. The van der Waals surface area contributed by atoms with Gasteiger partial charge in [-0.25, -0.2) is 0 Å². The minimum absolute atomic E-state index is 0.0245. The van der Waals surface area contributed by atoms with E-state index in [2.05, 4.69) is 27.4 Å². The number of Topliss-reactive ketones (excluding diaryl/α,β-unsaturated/α-hetero) is 1. The van der Waals surface area contributed by atoms with Crippen molar-refractivity contribution in [2.75, 3.05) is 6.61 Å². The Kier molecular flexibility index (Phi) is 4.14. The molecule has 0 amide bonds. The summed E-state index contributed by atoms with van der Waals surface area (Å²) in [7, 11) is 0. The number of ether oxygens (including phenoxy) is 1. The normalized spacial score (nSPS) is 33.2. The number of carbonyl (C=O) groups is 2. The molecule has 2 aliphatic rings. The highest BCUT2D eigenvalue weighted by atomic mass is 16.5. The van der Waals surface area contributed by atoms with Gasteiger partial charge in [0.1, 0.15) is 0 Å². The topological polar surface area (TPSA) is 43.4 Å². The van der Waals surface area contributed by atoms with Crippen LogP contribution in [-0.2, 0) is 14.3 Å². The third kappa shape index (κ3) is 2.27. The maximum absolute atomic E-state index is 12.8. The third-order valence-electron chi connectivity index (χ3n) is 5.76. The number of fused-ring (bicyclic) bond motifs is 2. The van der Waals surface area contributed by atoms with Gasteiger partial charge in [-0.3, -0.25) is 9.59 Å². The molecular weight excluding hydrogens is 264 g/mol. The van der Waals surface area contributed by atoms with Gasteiger partial charge in [-0.05, 0) is 43.1 Å². The average molecular weight is 290 g/mol. The van der Waals surface area contributed by atoms with Crippen molar-refractivity contribution in [1.29, 1.82) is 0 Å². The van der Waals surface area contributed by atoms with E-state index in [1.54, 1.807) is 13.0 Å². The lowest BCUT2D eigenvalue weighted by molar-refractivity contribution is -0.146. The number of esters is 1. The highest BCUT2D eigenvalue weighted by molar-refractivity contribution is 6.05. The Morgan fingerprint density at radius 3 is 2.62 bits per heavy atom. The van der Waals surface area contributed by atoms with Gasteiger partial charge < -0.3 is 4.74 Å². The molecule has 3 atom stereocenters. The Labute approximate surface area is 127 Å². The molecule has 0 unspecified atom stereocenters. The minimum atomic E-state index is -0.389. The van der Waals surface area contributed by atoms with Crippen molar-refractivity contribution >= 4 is 11.8 Å². The summed E-state index contributed by atoms with van der Waals surface area (Å²) in [5.74, 6) is -0.164. The van der Waals surface area contributed by atoms with Crippen LogP contribution < -0.4 is 0 Å². The molecule has 0 heterocycles. The molecule has 2 saturated carbocycles. The molecule has 2 bridgehead atoms. The van der Waals surface area contributed by atoms with E-state index in [0.717, 1.165) is 18.4 Å². The first-order chi connectivity index (χ1) is 9.79. The second-order valence-corrected chi connectivity index (χ2v) is 6.98. The Bertz CT molecular complexity index is 501. The second-order valence-electron chi connectivity index (χ2n) is 6.98. The second kappa shape index (κ2) is 5.43. The van der Waals surface area contributed by atoms with Gasteiger partial charge in [0.2, 0.25) is 0 Å².